The van der Waals surface area contributed by atoms with Gasteiger partial charge in [0.25, 0.3) is 0 Å². The third-order valence-electron chi connectivity index (χ3n) is 1.98. The Morgan fingerprint density at radius 2 is 2.00 bits per heavy atom. The highest BCUT2D eigenvalue weighted by Crippen LogP contribution is 2.18. The summed E-state index contributed by atoms with van der Waals surface area (Å²) in [6.07, 6.45) is 1.75. The summed E-state index contributed by atoms with van der Waals surface area (Å²) in [4.78, 5) is 8.66. The van der Waals surface area contributed by atoms with E-state index in [-0.39, 0.29) is 0 Å². The van der Waals surface area contributed by atoms with Crippen LogP contribution in [0.4, 0.5) is 5.69 Å². The minimum absolute atomic E-state index is 0.739. The van der Waals surface area contributed by atoms with E-state index in [0.717, 1.165) is 28.0 Å². The number of aryl methyl sites for hydroxylation is 2. The van der Waals surface area contributed by atoms with Crippen LogP contribution >= 0.6 is 0 Å². The van der Waals surface area contributed by atoms with E-state index >= 15 is 0 Å². The molecule has 0 aliphatic carbocycles. The Morgan fingerprint density at radius 3 is 2.77 bits per heavy atom. The highest BCUT2D eigenvalue weighted by Gasteiger charge is 2.01. The fourth-order valence-electron chi connectivity index (χ4n) is 1.40. The molecule has 1 aromatic heterocycles. The minimum Gasteiger partial charge on any atom is -0.399 e. The molecule has 0 bridgehead atoms. The first-order valence-corrected chi connectivity index (χ1v) is 4.16. The van der Waals surface area contributed by atoms with E-state index in [4.69, 9.17) is 5.73 Å². The van der Waals surface area contributed by atoms with Crippen LogP contribution < -0.4 is 5.73 Å². The highest BCUT2D eigenvalue weighted by molar-refractivity contribution is 5.81. The fraction of sp³-hybridized carbons (Fsp3) is 0.200. The van der Waals surface area contributed by atoms with Crippen molar-refractivity contribution < 1.29 is 0 Å². The van der Waals surface area contributed by atoms with Gasteiger partial charge in [-0.2, -0.15) is 0 Å². The molecule has 66 valence electrons. The zero-order chi connectivity index (χ0) is 9.42. The molecule has 0 saturated carbocycles. The Bertz CT molecular complexity index is 463. The number of fused-ring (bicyclic) bond motifs is 1. The van der Waals surface area contributed by atoms with Crippen LogP contribution in [0.2, 0.25) is 0 Å². The van der Waals surface area contributed by atoms with Gasteiger partial charge in [0.1, 0.15) is 0 Å². The van der Waals surface area contributed by atoms with Crippen molar-refractivity contribution in [3.63, 3.8) is 0 Å². The molecule has 13 heavy (non-hydrogen) atoms. The minimum atomic E-state index is 0.739. The van der Waals surface area contributed by atoms with Gasteiger partial charge in [-0.3, -0.25) is 4.98 Å². The number of nitrogen functional groups attached to an aromatic ring is 1. The van der Waals surface area contributed by atoms with E-state index in [1.54, 1.807) is 6.20 Å². The van der Waals surface area contributed by atoms with Crippen molar-refractivity contribution >= 4 is 16.7 Å². The monoisotopic (exact) mass is 173 g/mol. The van der Waals surface area contributed by atoms with Gasteiger partial charge in [-0.1, -0.05) is 0 Å². The predicted molar refractivity (Wildman–Crippen MR) is 53.4 cm³/mol. The average Bonchev–Trinajstić information content (AvgIpc) is 2.06. The number of nitrogens with zero attached hydrogens (tertiary/aromatic N) is 2. The second kappa shape index (κ2) is 2.69. The van der Waals surface area contributed by atoms with Crippen LogP contribution in [0.1, 0.15) is 11.3 Å². The molecule has 2 N–H and O–H groups in total. The zero-order valence-corrected chi connectivity index (χ0v) is 7.70. The summed E-state index contributed by atoms with van der Waals surface area (Å²) >= 11 is 0. The molecule has 0 fully saturated rings. The van der Waals surface area contributed by atoms with E-state index in [1.807, 2.05) is 26.0 Å². The Morgan fingerprint density at radius 1 is 1.23 bits per heavy atom. The molecule has 0 aliphatic rings. The van der Waals surface area contributed by atoms with E-state index < -0.39 is 0 Å². The topological polar surface area (TPSA) is 51.8 Å². The normalized spacial score (nSPS) is 10.6. The molecule has 0 atom stereocenters. The number of rotatable bonds is 0. The van der Waals surface area contributed by atoms with Crippen LogP contribution in [0.5, 0.6) is 0 Å². The molecule has 0 spiro atoms. The number of nitrogens with two attached hydrogens (primary N) is 1. The molecule has 2 rings (SSSR count). The van der Waals surface area contributed by atoms with Gasteiger partial charge < -0.3 is 5.73 Å². The summed E-state index contributed by atoms with van der Waals surface area (Å²) in [6.45, 7) is 3.93. The van der Waals surface area contributed by atoms with Crippen LogP contribution in [0, 0.1) is 13.8 Å². The summed E-state index contributed by atoms with van der Waals surface area (Å²) in [7, 11) is 0. The molecular weight excluding hydrogens is 162 g/mol. The summed E-state index contributed by atoms with van der Waals surface area (Å²) in [6, 6.07) is 3.76. The van der Waals surface area contributed by atoms with Gasteiger partial charge in [0.15, 0.2) is 0 Å². The van der Waals surface area contributed by atoms with Gasteiger partial charge in [0.2, 0.25) is 0 Å². The lowest BCUT2D eigenvalue weighted by atomic mass is 10.1. The molecular formula is C10H11N3. The maximum absolute atomic E-state index is 5.69. The summed E-state index contributed by atoms with van der Waals surface area (Å²) in [5, 5.41) is 0. The van der Waals surface area contributed by atoms with Crippen LogP contribution in [0.15, 0.2) is 18.3 Å². The lowest BCUT2D eigenvalue weighted by Crippen LogP contribution is -1.93. The van der Waals surface area contributed by atoms with E-state index in [9.17, 15) is 0 Å². The third kappa shape index (κ3) is 1.33. The van der Waals surface area contributed by atoms with Crippen molar-refractivity contribution in [3.05, 3.63) is 29.6 Å². The smallest absolute Gasteiger partial charge is 0.0920 e. The summed E-state index contributed by atoms with van der Waals surface area (Å²) in [5.74, 6) is 0. The SMILES string of the molecule is Cc1cnc2cc(N)cc(C)c2n1. The molecule has 3 heteroatoms. The van der Waals surface area contributed by atoms with Crippen LogP contribution in [0.3, 0.4) is 0 Å². The molecule has 3 nitrogen and oxygen atoms in total. The first-order chi connectivity index (χ1) is 6.16. The molecule has 1 heterocycles. The summed E-state index contributed by atoms with van der Waals surface area (Å²) < 4.78 is 0. The standard InChI is InChI=1S/C10H11N3/c1-6-3-8(11)4-9-10(6)13-7(2)5-12-9/h3-5H,11H2,1-2H3. The first-order valence-electron chi connectivity index (χ1n) is 4.16. The van der Waals surface area contributed by atoms with E-state index in [0.29, 0.717) is 0 Å². The van der Waals surface area contributed by atoms with Gasteiger partial charge in [0, 0.05) is 11.9 Å². The maximum atomic E-state index is 5.69. The van der Waals surface area contributed by atoms with Gasteiger partial charge in [-0.05, 0) is 31.5 Å². The van der Waals surface area contributed by atoms with Crippen molar-refractivity contribution in [2.75, 3.05) is 5.73 Å². The second-order valence-corrected chi connectivity index (χ2v) is 3.22. The Kier molecular flexibility index (Phi) is 1.65. The zero-order valence-electron chi connectivity index (χ0n) is 7.70. The van der Waals surface area contributed by atoms with Gasteiger partial charge >= 0.3 is 0 Å². The van der Waals surface area contributed by atoms with Gasteiger partial charge in [0.05, 0.1) is 16.7 Å². The molecule has 1 aromatic carbocycles. The van der Waals surface area contributed by atoms with Crippen molar-refractivity contribution in [1.29, 1.82) is 0 Å². The van der Waals surface area contributed by atoms with Crippen molar-refractivity contribution in [2.24, 2.45) is 0 Å². The number of aromatic nitrogens is 2. The highest BCUT2D eigenvalue weighted by atomic mass is 14.8. The predicted octanol–water partition coefficient (Wildman–Crippen LogP) is 1.83. The summed E-state index contributed by atoms with van der Waals surface area (Å²) in [5.41, 5.74) is 10.2. The van der Waals surface area contributed by atoms with Crippen LogP contribution in [-0.4, -0.2) is 9.97 Å². The van der Waals surface area contributed by atoms with Crippen molar-refractivity contribution in [1.82, 2.24) is 9.97 Å². The van der Waals surface area contributed by atoms with E-state index in [1.165, 1.54) is 0 Å². The van der Waals surface area contributed by atoms with Gasteiger partial charge in [-0.15, -0.1) is 0 Å². The van der Waals surface area contributed by atoms with E-state index in [2.05, 4.69) is 9.97 Å². The molecule has 0 unspecified atom stereocenters. The Labute approximate surface area is 76.6 Å². The number of hydrogen-bond donors (Lipinski definition) is 1. The Balaban J connectivity index is 2.87. The van der Waals surface area contributed by atoms with Gasteiger partial charge in [-0.25, -0.2) is 4.98 Å². The molecule has 2 aromatic rings. The maximum Gasteiger partial charge on any atom is 0.0920 e. The number of hydrogen-bond acceptors (Lipinski definition) is 3. The number of benzene rings is 1. The first kappa shape index (κ1) is 7.98. The second-order valence-electron chi connectivity index (χ2n) is 3.22. The molecule has 0 saturated heterocycles. The largest absolute Gasteiger partial charge is 0.399 e. The lowest BCUT2D eigenvalue weighted by Gasteiger charge is -2.02. The quantitative estimate of drug-likeness (QED) is 0.618. The average molecular weight is 173 g/mol. The van der Waals surface area contributed by atoms with Crippen LogP contribution in [-0.2, 0) is 0 Å². The fourth-order valence-corrected chi connectivity index (χ4v) is 1.40. The Hall–Kier alpha value is -1.64. The van der Waals surface area contributed by atoms with Crippen molar-refractivity contribution in [2.45, 2.75) is 13.8 Å². The van der Waals surface area contributed by atoms with Crippen molar-refractivity contribution in [3.8, 4) is 0 Å². The third-order valence-corrected chi connectivity index (χ3v) is 1.98. The number of anilines is 1. The lowest BCUT2D eigenvalue weighted by molar-refractivity contribution is 1.17. The van der Waals surface area contributed by atoms with Crippen LogP contribution in [0.25, 0.3) is 11.0 Å². The molecule has 0 radical (unpaired) electrons. The molecule has 0 amide bonds. The molecule has 0 aliphatic heterocycles.